The van der Waals surface area contributed by atoms with Crippen LogP contribution < -0.4 is 5.32 Å². The van der Waals surface area contributed by atoms with Crippen LogP contribution in [-0.4, -0.2) is 14.5 Å². The van der Waals surface area contributed by atoms with Gasteiger partial charge < -0.3 is 10.4 Å². The van der Waals surface area contributed by atoms with Crippen LogP contribution in [0.25, 0.3) is 5.65 Å². The van der Waals surface area contributed by atoms with E-state index < -0.39 is 0 Å². The molecule has 0 bridgehead atoms. The van der Waals surface area contributed by atoms with Crippen LogP contribution in [0, 0.1) is 20.8 Å². The lowest BCUT2D eigenvalue weighted by molar-refractivity contribution is 0.275. The quantitative estimate of drug-likeness (QED) is 0.760. The van der Waals surface area contributed by atoms with Gasteiger partial charge in [-0.25, -0.2) is 4.98 Å². The summed E-state index contributed by atoms with van der Waals surface area (Å²) in [6.45, 7) is 6.60. The minimum absolute atomic E-state index is 0.0283. The molecule has 0 aliphatic carbocycles. The number of aliphatic hydroxyl groups excluding tert-OH is 1. The first-order valence-corrected chi connectivity index (χ1v) is 7.96. The lowest BCUT2D eigenvalue weighted by Crippen LogP contribution is -2.05. The van der Waals surface area contributed by atoms with E-state index in [1.807, 2.05) is 36.6 Å². The fraction of sp³-hybridized carbons (Fsp3) is 0.278. The third-order valence-electron chi connectivity index (χ3n) is 4.11. The summed E-state index contributed by atoms with van der Waals surface area (Å²) >= 11 is 6.30. The van der Waals surface area contributed by atoms with Crippen molar-refractivity contribution < 1.29 is 5.11 Å². The predicted octanol–water partition coefficient (Wildman–Crippen LogP) is 4.02. The largest absolute Gasteiger partial charge is 0.390 e. The molecule has 3 aromatic rings. The van der Waals surface area contributed by atoms with Gasteiger partial charge in [-0.2, -0.15) is 0 Å². The molecule has 0 fully saturated rings. The van der Waals surface area contributed by atoms with Gasteiger partial charge in [0.15, 0.2) is 5.65 Å². The van der Waals surface area contributed by atoms with Crippen LogP contribution in [0.4, 0.5) is 5.69 Å². The summed E-state index contributed by atoms with van der Waals surface area (Å²) in [6.07, 6.45) is 1.99. The summed E-state index contributed by atoms with van der Waals surface area (Å²) in [4.78, 5) is 4.59. The van der Waals surface area contributed by atoms with Crippen molar-refractivity contribution in [3.63, 3.8) is 0 Å². The Kier molecular flexibility index (Phi) is 4.28. The van der Waals surface area contributed by atoms with Crippen molar-refractivity contribution >= 4 is 22.9 Å². The highest BCUT2D eigenvalue weighted by molar-refractivity contribution is 6.31. The van der Waals surface area contributed by atoms with E-state index in [2.05, 4.69) is 29.4 Å². The molecule has 0 radical (unpaired) electrons. The molecule has 2 aromatic heterocycles. The van der Waals surface area contributed by atoms with Crippen molar-refractivity contribution in [3.05, 3.63) is 63.6 Å². The molecule has 5 heteroatoms. The van der Waals surface area contributed by atoms with Gasteiger partial charge >= 0.3 is 0 Å². The molecule has 120 valence electrons. The minimum atomic E-state index is -0.0283. The van der Waals surface area contributed by atoms with E-state index in [1.54, 1.807) is 0 Å². The third kappa shape index (κ3) is 2.92. The minimum Gasteiger partial charge on any atom is -0.390 e. The number of hydrogen-bond donors (Lipinski definition) is 2. The maximum absolute atomic E-state index is 9.57. The second-order valence-corrected chi connectivity index (χ2v) is 6.22. The van der Waals surface area contributed by atoms with E-state index in [9.17, 15) is 5.11 Å². The Labute approximate surface area is 140 Å². The number of nitrogens with one attached hydrogen (secondary N) is 1. The normalized spacial score (nSPS) is 11.2. The van der Waals surface area contributed by atoms with Gasteiger partial charge in [0.2, 0.25) is 0 Å². The number of aryl methyl sites for hydroxylation is 3. The number of anilines is 1. The highest BCUT2D eigenvalue weighted by atomic mass is 35.5. The number of fused-ring (bicyclic) bond motifs is 1. The molecule has 0 saturated heterocycles. The number of rotatable bonds is 4. The topological polar surface area (TPSA) is 49.6 Å². The zero-order valence-electron chi connectivity index (χ0n) is 13.5. The van der Waals surface area contributed by atoms with Gasteiger partial charge in [-0.3, -0.25) is 4.40 Å². The van der Waals surface area contributed by atoms with Crippen molar-refractivity contribution in [2.24, 2.45) is 0 Å². The summed E-state index contributed by atoms with van der Waals surface area (Å²) in [5.74, 6) is 0. The molecule has 1 aromatic carbocycles. The summed E-state index contributed by atoms with van der Waals surface area (Å²) in [6, 6.07) is 7.98. The summed E-state index contributed by atoms with van der Waals surface area (Å²) in [7, 11) is 0. The van der Waals surface area contributed by atoms with Crippen LogP contribution in [0.3, 0.4) is 0 Å². The number of aromatic nitrogens is 2. The number of hydrogen-bond acceptors (Lipinski definition) is 3. The summed E-state index contributed by atoms with van der Waals surface area (Å²) in [5, 5.41) is 13.8. The first-order chi connectivity index (χ1) is 11.0. The molecule has 23 heavy (non-hydrogen) atoms. The molecule has 0 atom stereocenters. The zero-order chi connectivity index (χ0) is 16.6. The van der Waals surface area contributed by atoms with Crippen molar-refractivity contribution in [1.29, 1.82) is 0 Å². The summed E-state index contributed by atoms with van der Waals surface area (Å²) in [5.41, 5.74) is 6.76. The second kappa shape index (κ2) is 6.22. The average Bonchev–Trinajstić information content (AvgIpc) is 2.82. The molecule has 2 heterocycles. The van der Waals surface area contributed by atoms with E-state index in [4.69, 9.17) is 11.6 Å². The maximum atomic E-state index is 9.57. The van der Waals surface area contributed by atoms with E-state index in [-0.39, 0.29) is 6.61 Å². The molecule has 0 saturated carbocycles. The monoisotopic (exact) mass is 329 g/mol. The number of aliphatic hydroxyl groups is 1. The number of nitrogens with zero attached hydrogens (tertiary/aromatic N) is 2. The molecule has 0 unspecified atom stereocenters. The number of benzene rings is 1. The lowest BCUT2D eigenvalue weighted by atomic mass is 10.1. The van der Waals surface area contributed by atoms with Gasteiger partial charge in [0.1, 0.15) is 0 Å². The van der Waals surface area contributed by atoms with Crippen LogP contribution in [0.2, 0.25) is 5.02 Å². The van der Waals surface area contributed by atoms with Crippen LogP contribution in [0.1, 0.15) is 28.1 Å². The van der Waals surface area contributed by atoms with E-state index >= 15 is 0 Å². The van der Waals surface area contributed by atoms with Crippen molar-refractivity contribution in [2.75, 3.05) is 5.32 Å². The van der Waals surface area contributed by atoms with Gasteiger partial charge in [-0.15, -0.1) is 0 Å². The van der Waals surface area contributed by atoms with Crippen LogP contribution in [0.15, 0.2) is 30.5 Å². The second-order valence-electron chi connectivity index (χ2n) is 5.82. The van der Waals surface area contributed by atoms with E-state index in [0.717, 1.165) is 44.4 Å². The highest BCUT2D eigenvalue weighted by Crippen LogP contribution is 2.25. The smallest absolute Gasteiger partial charge is 0.160 e. The predicted molar refractivity (Wildman–Crippen MR) is 94.1 cm³/mol. The molecule has 0 aliphatic rings. The van der Waals surface area contributed by atoms with Crippen LogP contribution in [0.5, 0.6) is 0 Å². The molecule has 2 N–H and O–H groups in total. The van der Waals surface area contributed by atoms with Gasteiger partial charge in [0.25, 0.3) is 0 Å². The van der Waals surface area contributed by atoms with Gasteiger partial charge in [0, 0.05) is 17.8 Å². The lowest BCUT2D eigenvalue weighted by Gasteiger charge is -2.13. The molecular formula is C18H20ClN3O. The first kappa shape index (κ1) is 15.8. The Balaban J connectivity index is 2.00. The number of halogens is 1. The molecular weight excluding hydrogens is 310 g/mol. The van der Waals surface area contributed by atoms with Crippen LogP contribution in [-0.2, 0) is 13.2 Å². The molecule has 4 nitrogen and oxygen atoms in total. The van der Waals surface area contributed by atoms with E-state index in [0.29, 0.717) is 6.54 Å². The molecule has 0 aliphatic heterocycles. The van der Waals surface area contributed by atoms with Crippen molar-refractivity contribution in [3.8, 4) is 0 Å². The fourth-order valence-electron chi connectivity index (χ4n) is 2.84. The fourth-order valence-corrected chi connectivity index (χ4v) is 3.12. The van der Waals surface area contributed by atoms with Gasteiger partial charge in [0.05, 0.1) is 23.7 Å². The molecule has 0 spiro atoms. The highest BCUT2D eigenvalue weighted by Gasteiger charge is 2.12. The Morgan fingerprint density at radius 3 is 2.74 bits per heavy atom. The Morgan fingerprint density at radius 2 is 2.04 bits per heavy atom. The Hall–Kier alpha value is -2.04. The Morgan fingerprint density at radius 1 is 1.26 bits per heavy atom. The summed E-state index contributed by atoms with van der Waals surface area (Å²) < 4.78 is 1.95. The van der Waals surface area contributed by atoms with Gasteiger partial charge in [-0.1, -0.05) is 23.7 Å². The Bertz CT molecular complexity index is 850. The van der Waals surface area contributed by atoms with E-state index in [1.165, 1.54) is 0 Å². The van der Waals surface area contributed by atoms with Crippen molar-refractivity contribution in [1.82, 2.24) is 9.38 Å². The van der Waals surface area contributed by atoms with Crippen molar-refractivity contribution in [2.45, 2.75) is 33.9 Å². The molecule has 3 rings (SSSR count). The standard InChI is InChI=1S/C18H20ClN3O/c1-11-7-16(18-21-13(3)17(10-23)22(18)9-11)20-8-14-12(2)5-4-6-15(14)19/h4-7,9,20,23H,8,10H2,1-3H3. The third-order valence-corrected chi connectivity index (χ3v) is 4.47. The average molecular weight is 330 g/mol. The number of imidazole rings is 1. The van der Waals surface area contributed by atoms with Gasteiger partial charge in [-0.05, 0) is 49.6 Å². The first-order valence-electron chi connectivity index (χ1n) is 7.58. The zero-order valence-corrected chi connectivity index (χ0v) is 14.3. The molecule has 0 amide bonds. The maximum Gasteiger partial charge on any atom is 0.160 e. The number of pyridine rings is 1. The SMILES string of the molecule is Cc1cc(NCc2c(C)cccc2Cl)c2nc(C)c(CO)n2c1. The van der Waals surface area contributed by atoms with Crippen LogP contribution >= 0.6 is 11.6 Å².